The average Bonchev–Trinajstić information content (AvgIpc) is 2.50. The van der Waals surface area contributed by atoms with Crippen molar-refractivity contribution in [1.82, 2.24) is 5.32 Å². The third-order valence-electron chi connectivity index (χ3n) is 4.18. The van der Waals surface area contributed by atoms with E-state index in [2.05, 4.69) is 38.2 Å². The van der Waals surface area contributed by atoms with E-state index in [1.807, 2.05) is 32.9 Å². The van der Waals surface area contributed by atoms with Crippen LogP contribution in [0.2, 0.25) is 0 Å². The highest BCUT2D eigenvalue weighted by Crippen LogP contribution is 2.22. The van der Waals surface area contributed by atoms with Gasteiger partial charge in [-0.2, -0.15) is 0 Å². The Kier molecular flexibility index (Phi) is 5.66. The molecule has 2 aromatic carbocycles. The lowest BCUT2D eigenvalue weighted by molar-refractivity contribution is 0.0940. The number of benzene rings is 2. The van der Waals surface area contributed by atoms with E-state index in [9.17, 15) is 4.79 Å². The fourth-order valence-corrected chi connectivity index (χ4v) is 2.76. The van der Waals surface area contributed by atoms with Gasteiger partial charge in [0.05, 0.1) is 12.1 Å². The van der Waals surface area contributed by atoms with Gasteiger partial charge in [0.25, 0.3) is 5.91 Å². The van der Waals surface area contributed by atoms with Crippen LogP contribution < -0.4 is 10.1 Å². The molecule has 1 N–H and O–H groups in total. The number of rotatable bonds is 5. The molecular formula is C21H27NO2. The van der Waals surface area contributed by atoms with Gasteiger partial charge in [-0.1, -0.05) is 12.1 Å². The predicted molar refractivity (Wildman–Crippen MR) is 98.7 cm³/mol. The van der Waals surface area contributed by atoms with E-state index < -0.39 is 0 Å². The Bertz CT molecular complexity index is 717. The Morgan fingerprint density at radius 2 is 1.50 bits per heavy atom. The lowest BCUT2D eigenvalue weighted by atomic mass is 9.96. The summed E-state index contributed by atoms with van der Waals surface area (Å²) in [6.07, 6.45) is 0.123. The number of aryl methyl sites for hydroxylation is 3. The van der Waals surface area contributed by atoms with Crippen LogP contribution in [0.15, 0.2) is 36.4 Å². The maximum atomic E-state index is 12.5. The summed E-state index contributed by atoms with van der Waals surface area (Å²) in [6, 6.07) is 11.6. The minimum atomic E-state index is -0.0729. The van der Waals surface area contributed by atoms with E-state index in [-0.39, 0.29) is 18.1 Å². The van der Waals surface area contributed by atoms with E-state index in [1.54, 1.807) is 12.1 Å². The third kappa shape index (κ3) is 4.38. The zero-order chi connectivity index (χ0) is 17.9. The largest absolute Gasteiger partial charge is 0.491 e. The van der Waals surface area contributed by atoms with Crippen molar-refractivity contribution in [3.8, 4) is 5.75 Å². The molecule has 128 valence electrons. The van der Waals surface area contributed by atoms with E-state index in [1.165, 1.54) is 16.7 Å². The maximum absolute atomic E-state index is 12.5. The van der Waals surface area contributed by atoms with Gasteiger partial charge in [-0.25, -0.2) is 0 Å². The molecule has 0 spiro atoms. The molecule has 0 heterocycles. The van der Waals surface area contributed by atoms with Crippen LogP contribution in [-0.2, 0) is 0 Å². The smallest absolute Gasteiger partial charge is 0.251 e. The summed E-state index contributed by atoms with van der Waals surface area (Å²) in [7, 11) is 0. The van der Waals surface area contributed by atoms with Crippen LogP contribution in [0.5, 0.6) is 5.75 Å². The number of nitrogens with one attached hydrogen (secondary N) is 1. The highest BCUT2D eigenvalue weighted by molar-refractivity contribution is 5.94. The van der Waals surface area contributed by atoms with Crippen molar-refractivity contribution in [1.29, 1.82) is 0 Å². The summed E-state index contributed by atoms with van der Waals surface area (Å²) in [6.45, 7) is 12.3. The van der Waals surface area contributed by atoms with Crippen molar-refractivity contribution in [2.45, 2.75) is 53.7 Å². The van der Waals surface area contributed by atoms with Gasteiger partial charge in [-0.3, -0.25) is 4.79 Å². The van der Waals surface area contributed by atoms with Gasteiger partial charge in [-0.05, 0) is 88.1 Å². The summed E-state index contributed by atoms with van der Waals surface area (Å²) < 4.78 is 5.61. The summed E-state index contributed by atoms with van der Waals surface area (Å²) in [5, 5.41) is 3.08. The van der Waals surface area contributed by atoms with Gasteiger partial charge in [0.15, 0.2) is 0 Å². The first kappa shape index (κ1) is 18.1. The lowest BCUT2D eigenvalue weighted by Gasteiger charge is -2.18. The SMILES string of the molecule is Cc1cc(C)c(C(C)NC(=O)c2ccc(OC(C)C)cc2)cc1C. The van der Waals surface area contributed by atoms with Crippen LogP contribution in [0.1, 0.15) is 59.4 Å². The molecule has 0 fully saturated rings. The van der Waals surface area contributed by atoms with Crippen molar-refractivity contribution in [3.63, 3.8) is 0 Å². The standard InChI is InChI=1S/C21H27NO2/c1-13(2)24-19-9-7-18(8-10-19)21(23)22-17(6)20-12-15(4)14(3)11-16(20)5/h7-13,17H,1-6H3,(H,22,23). The molecule has 0 aliphatic carbocycles. The van der Waals surface area contributed by atoms with E-state index in [4.69, 9.17) is 4.74 Å². The molecular weight excluding hydrogens is 298 g/mol. The van der Waals surface area contributed by atoms with Crippen molar-refractivity contribution in [2.75, 3.05) is 0 Å². The summed E-state index contributed by atoms with van der Waals surface area (Å²) in [5.74, 6) is 0.704. The molecule has 1 atom stereocenters. The second kappa shape index (κ2) is 7.52. The predicted octanol–water partition coefficient (Wildman–Crippen LogP) is 4.89. The number of carbonyl (C=O) groups excluding carboxylic acids is 1. The topological polar surface area (TPSA) is 38.3 Å². The van der Waals surface area contributed by atoms with E-state index in [0.29, 0.717) is 5.56 Å². The molecule has 0 aliphatic heterocycles. The van der Waals surface area contributed by atoms with Crippen LogP contribution in [0.4, 0.5) is 0 Å². The molecule has 0 bridgehead atoms. The lowest BCUT2D eigenvalue weighted by Crippen LogP contribution is -2.27. The minimum absolute atomic E-state index is 0.0385. The maximum Gasteiger partial charge on any atom is 0.251 e. The Labute approximate surface area is 145 Å². The van der Waals surface area contributed by atoms with Crippen LogP contribution in [-0.4, -0.2) is 12.0 Å². The normalized spacial score (nSPS) is 12.1. The summed E-state index contributed by atoms with van der Waals surface area (Å²) in [5.41, 5.74) is 5.51. The molecule has 0 saturated carbocycles. The molecule has 1 unspecified atom stereocenters. The highest BCUT2D eigenvalue weighted by Gasteiger charge is 2.14. The molecule has 0 saturated heterocycles. The average molecular weight is 325 g/mol. The van der Waals surface area contributed by atoms with Crippen LogP contribution in [0.25, 0.3) is 0 Å². The molecule has 2 rings (SSSR count). The summed E-state index contributed by atoms with van der Waals surface area (Å²) in [4.78, 5) is 12.5. The van der Waals surface area contributed by atoms with Gasteiger partial charge in [-0.15, -0.1) is 0 Å². The van der Waals surface area contributed by atoms with Gasteiger partial charge >= 0.3 is 0 Å². The first-order chi connectivity index (χ1) is 11.3. The van der Waals surface area contributed by atoms with Crippen molar-refractivity contribution in [2.24, 2.45) is 0 Å². The Balaban J connectivity index is 2.10. The van der Waals surface area contributed by atoms with Crippen LogP contribution in [0.3, 0.4) is 0 Å². The molecule has 2 aromatic rings. The van der Waals surface area contributed by atoms with Gasteiger partial charge in [0.2, 0.25) is 0 Å². The summed E-state index contributed by atoms with van der Waals surface area (Å²) >= 11 is 0. The number of amides is 1. The van der Waals surface area contributed by atoms with E-state index >= 15 is 0 Å². The van der Waals surface area contributed by atoms with Gasteiger partial charge in [0, 0.05) is 5.56 Å². The molecule has 3 nitrogen and oxygen atoms in total. The molecule has 0 aromatic heterocycles. The zero-order valence-corrected chi connectivity index (χ0v) is 15.4. The second-order valence-electron chi connectivity index (χ2n) is 6.68. The molecule has 0 aliphatic rings. The quantitative estimate of drug-likeness (QED) is 0.850. The molecule has 0 radical (unpaired) electrons. The molecule has 1 amide bonds. The van der Waals surface area contributed by atoms with E-state index in [0.717, 1.165) is 11.3 Å². The minimum Gasteiger partial charge on any atom is -0.491 e. The van der Waals surface area contributed by atoms with Gasteiger partial charge in [0.1, 0.15) is 5.75 Å². The van der Waals surface area contributed by atoms with Crippen molar-refractivity contribution < 1.29 is 9.53 Å². The van der Waals surface area contributed by atoms with Crippen LogP contribution in [0, 0.1) is 20.8 Å². The van der Waals surface area contributed by atoms with Crippen molar-refractivity contribution in [3.05, 3.63) is 64.2 Å². The Morgan fingerprint density at radius 1 is 0.917 bits per heavy atom. The third-order valence-corrected chi connectivity index (χ3v) is 4.18. The molecule has 3 heteroatoms. The fraction of sp³-hybridized carbons (Fsp3) is 0.381. The zero-order valence-electron chi connectivity index (χ0n) is 15.4. The first-order valence-corrected chi connectivity index (χ1v) is 8.43. The number of ether oxygens (including phenoxy) is 1. The number of carbonyl (C=O) groups is 1. The molecule has 24 heavy (non-hydrogen) atoms. The fourth-order valence-electron chi connectivity index (χ4n) is 2.76. The Morgan fingerprint density at radius 3 is 2.08 bits per heavy atom. The number of hydrogen-bond acceptors (Lipinski definition) is 2. The highest BCUT2D eigenvalue weighted by atomic mass is 16.5. The first-order valence-electron chi connectivity index (χ1n) is 8.43. The number of hydrogen-bond donors (Lipinski definition) is 1. The van der Waals surface area contributed by atoms with Crippen LogP contribution >= 0.6 is 0 Å². The van der Waals surface area contributed by atoms with Gasteiger partial charge < -0.3 is 10.1 Å². The second-order valence-corrected chi connectivity index (χ2v) is 6.68. The monoisotopic (exact) mass is 325 g/mol. The Hall–Kier alpha value is -2.29. The van der Waals surface area contributed by atoms with Crippen molar-refractivity contribution >= 4 is 5.91 Å².